The van der Waals surface area contributed by atoms with Crippen molar-refractivity contribution in [2.75, 3.05) is 0 Å². The van der Waals surface area contributed by atoms with E-state index in [1.54, 1.807) is 49.4 Å². The van der Waals surface area contributed by atoms with E-state index >= 15 is 0 Å². The van der Waals surface area contributed by atoms with Gasteiger partial charge in [-0.3, -0.25) is 0 Å². The van der Waals surface area contributed by atoms with Crippen molar-refractivity contribution < 1.29 is 35.1 Å². The summed E-state index contributed by atoms with van der Waals surface area (Å²) in [6.07, 6.45) is -6.39. The molecule has 0 fully saturated rings. The fourth-order valence-corrected chi connectivity index (χ4v) is 7.50. The molecule has 2 unspecified atom stereocenters. The van der Waals surface area contributed by atoms with Crippen LogP contribution in [-0.2, 0) is 12.4 Å². The minimum absolute atomic E-state index is 0.114. The van der Waals surface area contributed by atoms with E-state index in [4.69, 9.17) is 0 Å². The van der Waals surface area contributed by atoms with Crippen LogP contribution >= 0.6 is 0 Å². The smallest absolute Gasteiger partial charge is 0.206 e. The van der Waals surface area contributed by atoms with Crippen LogP contribution in [0.4, 0.5) is 35.1 Å². The number of alkyl halides is 6. The van der Waals surface area contributed by atoms with E-state index in [1.807, 2.05) is 24.3 Å². The van der Waals surface area contributed by atoms with Crippen LogP contribution in [0.1, 0.15) is 51.8 Å². The summed E-state index contributed by atoms with van der Waals surface area (Å²) in [4.78, 5) is 0. The van der Waals surface area contributed by atoms with Crippen LogP contribution in [0.3, 0.4) is 0 Å². The Morgan fingerprint density at radius 2 is 1.08 bits per heavy atom. The summed E-state index contributed by atoms with van der Waals surface area (Å²) in [6.45, 7) is 1.75. The van der Waals surface area contributed by atoms with Gasteiger partial charge in [0.1, 0.15) is 47.1 Å². The van der Waals surface area contributed by atoms with Gasteiger partial charge < -0.3 is 0 Å². The molecule has 53 heavy (non-hydrogen) atoms. The molecule has 0 saturated carbocycles. The molecule has 0 heterocycles. The summed E-state index contributed by atoms with van der Waals surface area (Å²) in [5.74, 6) is -4.13. The van der Waals surface area contributed by atoms with Crippen LogP contribution in [0.5, 0.6) is 0 Å². The molecular formula is C41H18F8N4. The lowest BCUT2D eigenvalue weighted by atomic mass is 9.75. The predicted molar refractivity (Wildman–Crippen MR) is 177 cm³/mol. The van der Waals surface area contributed by atoms with E-state index in [9.17, 15) is 56.2 Å². The van der Waals surface area contributed by atoms with Gasteiger partial charge in [0.25, 0.3) is 0 Å². The first-order chi connectivity index (χ1) is 25.1. The molecule has 0 spiro atoms. The van der Waals surface area contributed by atoms with Crippen molar-refractivity contribution in [3.63, 3.8) is 0 Å². The van der Waals surface area contributed by atoms with E-state index in [0.717, 1.165) is 18.2 Å². The fraction of sp³-hybridized carbons (Fsp3) is 0.122. The molecule has 3 aliphatic carbocycles. The molecule has 12 heteroatoms. The van der Waals surface area contributed by atoms with Crippen molar-refractivity contribution in [2.24, 2.45) is 5.92 Å². The second-order valence-electron chi connectivity index (χ2n) is 12.6. The van der Waals surface area contributed by atoms with E-state index in [1.165, 1.54) is 6.07 Å². The molecule has 3 aliphatic rings. The van der Waals surface area contributed by atoms with Gasteiger partial charge in [-0.25, -0.2) is 8.78 Å². The molecule has 0 amide bonds. The molecule has 258 valence electrons. The first-order valence-corrected chi connectivity index (χ1v) is 15.7. The van der Waals surface area contributed by atoms with Crippen LogP contribution in [0.25, 0.3) is 39.0 Å². The lowest BCUT2D eigenvalue weighted by Crippen LogP contribution is -2.16. The predicted octanol–water partition coefficient (Wildman–Crippen LogP) is 11.1. The number of allylic oxidation sites excluding steroid dienone is 7. The lowest BCUT2D eigenvalue weighted by molar-refractivity contribution is -0.140. The maximum Gasteiger partial charge on any atom is 0.419 e. The van der Waals surface area contributed by atoms with E-state index < -0.39 is 46.9 Å². The van der Waals surface area contributed by atoms with Gasteiger partial charge in [0.2, 0.25) is 0 Å². The summed E-state index contributed by atoms with van der Waals surface area (Å²) < 4.78 is 109. The molecule has 4 nitrogen and oxygen atoms in total. The highest BCUT2D eigenvalue weighted by atomic mass is 19.4. The third-order valence-corrected chi connectivity index (χ3v) is 9.83. The van der Waals surface area contributed by atoms with Crippen LogP contribution < -0.4 is 0 Å². The quantitative estimate of drug-likeness (QED) is 0.134. The largest absolute Gasteiger partial charge is 0.419 e. The third kappa shape index (κ3) is 5.39. The van der Waals surface area contributed by atoms with Crippen molar-refractivity contribution >= 4 is 16.7 Å². The summed E-state index contributed by atoms with van der Waals surface area (Å²) in [5, 5.41) is 40.2. The van der Waals surface area contributed by atoms with Crippen LogP contribution in [0.2, 0.25) is 0 Å². The Bertz CT molecular complexity index is 2590. The normalized spacial score (nSPS) is 16.8. The molecule has 0 saturated heterocycles. The fourth-order valence-electron chi connectivity index (χ4n) is 7.50. The van der Waals surface area contributed by atoms with Crippen LogP contribution in [0.15, 0.2) is 95.6 Å². The van der Waals surface area contributed by atoms with Crippen LogP contribution in [-0.4, -0.2) is 0 Å². The number of rotatable bonds is 2. The van der Waals surface area contributed by atoms with Gasteiger partial charge in [-0.2, -0.15) is 47.4 Å². The number of nitriles is 4. The van der Waals surface area contributed by atoms with Gasteiger partial charge in [-0.15, -0.1) is 0 Å². The number of halogens is 8. The third-order valence-electron chi connectivity index (χ3n) is 9.83. The minimum atomic E-state index is -4.90. The summed E-state index contributed by atoms with van der Waals surface area (Å²) in [5.41, 5.74) is 1.64. The molecule has 4 aromatic carbocycles. The maximum atomic E-state index is 14.7. The standard InChI is InChI=1S/C41H18F8N4/c1-19-25(22-4-9-34(36(43)12-22)41(47,48)49)6-7-27-29-13-28-26-5-2-20(21-3-8-33(35(42)11-21)40(44,45)46)10-30(26)38(23(15-50)16-51)31(28)14-32(29)39(37(19)27)24(17-52)18-53/h2-14,19,25H,1H3. The summed E-state index contributed by atoms with van der Waals surface area (Å²) in [6, 6.07) is 20.9. The molecule has 0 bridgehead atoms. The summed E-state index contributed by atoms with van der Waals surface area (Å²) in [7, 11) is 0. The van der Waals surface area contributed by atoms with E-state index in [2.05, 4.69) is 0 Å². The highest BCUT2D eigenvalue weighted by Gasteiger charge is 2.40. The Balaban J connectivity index is 1.40. The van der Waals surface area contributed by atoms with Gasteiger partial charge in [0, 0.05) is 17.1 Å². The minimum Gasteiger partial charge on any atom is -0.206 e. The van der Waals surface area contributed by atoms with Gasteiger partial charge in [-0.05, 0) is 110 Å². The first-order valence-electron chi connectivity index (χ1n) is 15.7. The highest BCUT2D eigenvalue weighted by Crippen LogP contribution is 2.57. The van der Waals surface area contributed by atoms with Crippen molar-refractivity contribution in [1.82, 2.24) is 0 Å². The van der Waals surface area contributed by atoms with E-state index in [-0.39, 0.29) is 33.4 Å². The molecular weight excluding hydrogens is 700 g/mol. The monoisotopic (exact) mass is 718 g/mol. The van der Waals surface area contributed by atoms with Gasteiger partial charge >= 0.3 is 12.4 Å². The number of benzene rings is 4. The zero-order chi connectivity index (χ0) is 38.1. The van der Waals surface area contributed by atoms with Crippen molar-refractivity contribution in [3.8, 4) is 46.5 Å². The molecule has 0 aromatic heterocycles. The Morgan fingerprint density at radius 3 is 1.66 bits per heavy atom. The van der Waals surface area contributed by atoms with Crippen LogP contribution in [0, 0.1) is 62.9 Å². The van der Waals surface area contributed by atoms with E-state index in [0.29, 0.717) is 62.2 Å². The average molecular weight is 719 g/mol. The first kappa shape index (κ1) is 34.7. The Kier molecular flexibility index (Phi) is 7.97. The average Bonchev–Trinajstić information content (AvgIpc) is 3.60. The number of hydrogen-bond acceptors (Lipinski definition) is 4. The Labute approximate surface area is 296 Å². The second kappa shape index (κ2) is 12.2. The highest BCUT2D eigenvalue weighted by molar-refractivity contribution is 6.12. The topological polar surface area (TPSA) is 95.2 Å². The number of fused-ring (bicyclic) bond motifs is 5. The Morgan fingerprint density at radius 1 is 0.566 bits per heavy atom. The SMILES string of the molecule is CC1C2=C(C=CC1c1ccc(C(F)(F)F)c(F)c1)c1cc3c(cc1C2=C(C#N)C#N)C(=C(C#N)C#N)c1cc(-c2ccc(C(F)(F)F)c(F)c2)ccc1-3. The zero-order valence-corrected chi connectivity index (χ0v) is 27.0. The van der Waals surface area contributed by atoms with Gasteiger partial charge in [0.15, 0.2) is 0 Å². The molecule has 0 N–H and O–H groups in total. The summed E-state index contributed by atoms with van der Waals surface area (Å²) >= 11 is 0. The number of nitrogens with zero attached hydrogens (tertiary/aromatic N) is 4. The second-order valence-corrected chi connectivity index (χ2v) is 12.6. The van der Waals surface area contributed by atoms with Crippen molar-refractivity contribution in [2.45, 2.75) is 25.2 Å². The van der Waals surface area contributed by atoms with Gasteiger partial charge in [-0.1, -0.05) is 43.3 Å². The zero-order valence-electron chi connectivity index (χ0n) is 27.0. The molecule has 2 atom stereocenters. The van der Waals surface area contributed by atoms with Gasteiger partial charge in [0.05, 0.1) is 11.1 Å². The molecule has 0 aliphatic heterocycles. The Hall–Kier alpha value is -6.76. The molecule has 0 radical (unpaired) electrons. The molecule has 7 rings (SSSR count). The maximum absolute atomic E-state index is 14.7. The molecule has 4 aromatic rings. The van der Waals surface area contributed by atoms with Crippen molar-refractivity contribution in [3.05, 3.63) is 146 Å². The van der Waals surface area contributed by atoms with Crippen molar-refractivity contribution in [1.29, 1.82) is 21.0 Å². The number of hydrogen-bond donors (Lipinski definition) is 0. The lowest BCUT2D eigenvalue weighted by Gasteiger charge is -2.28.